The molecule has 0 bridgehead atoms. The molecule has 1 saturated heterocycles. The van der Waals surface area contributed by atoms with Gasteiger partial charge in [-0.05, 0) is 64.1 Å². The third-order valence-corrected chi connectivity index (χ3v) is 12.0. The highest BCUT2D eigenvalue weighted by molar-refractivity contribution is 7.89. The van der Waals surface area contributed by atoms with Crippen molar-refractivity contribution in [3.63, 3.8) is 0 Å². The van der Waals surface area contributed by atoms with E-state index in [2.05, 4.69) is 11.8 Å². The summed E-state index contributed by atoms with van der Waals surface area (Å²) in [6.45, 7) is 10.3. The van der Waals surface area contributed by atoms with Gasteiger partial charge in [0.2, 0.25) is 21.6 Å². The molecule has 3 aromatic rings. The van der Waals surface area contributed by atoms with Crippen LogP contribution in [0.15, 0.2) is 84.9 Å². The monoisotopic (exact) mass is 792 g/mol. The smallest absolute Gasteiger partial charge is 0.416 e. The SMILES string of the molecule is CCN(CC1CCN(S(=O)(=O)C(C)C)CC1)C(C)Cc1cccc(C(F)(F)F)c1.O=C(O)C(O)(C(=O)c1ccccc1)C(O)(C(=O)O)C(=O)c1ccccc1. The Hall–Kier alpha value is -4.48. The van der Waals surface area contributed by atoms with Crippen LogP contribution >= 0.6 is 0 Å². The maximum atomic E-state index is 12.9. The van der Waals surface area contributed by atoms with Crippen molar-refractivity contribution in [3.8, 4) is 0 Å². The van der Waals surface area contributed by atoms with E-state index in [-0.39, 0.29) is 6.04 Å². The molecule has 16 heteroatoms. The molecule has 300 valence electrons. The van der Waals surface area contributed by atoms with E-state index in [1.165, 1.54) is 48.5 Å². The summed E-state index contributed by atoms with van der Waals surface area (Å²) in [6, 6.07) is 18.5. The van der Waals surface area contributed by atoms with Crippen LogP contribution in [0.3, 0.4) is 0 Å². The molecular formula is C39H47F3N2O10S. The van der Waals surface area contributed by atoms with Crippen molar-refractivity contribution in [3.05, 3.63) is 107 Å². The quantitative estimate of drug-likeness (QED) is 0.122. The molecule has 1 heterocycles. The summed E-state index contributed by atoms with van der Waals surface area (Å²) in [5.74, 6) is -7.63. The van der Waals surface area contributed by atoms with E-state index in [1.54, 1.807) is 24.2 Å². The number of aliphatic hydroxyl groups is 2. The Kier molecular flexibility index (Phi) is 15.1. The number of carbonyl (C=O) groups excluding carboxylic acids is 2. The van der Waals surface area contributed by atoms with Gasteiger partial charge in [-0.15, -0.1) is 0 Å². The van der Waals surface area contributed by atoms with Crippen LogP contribution in [0.4, 0.5) is 13.2 Å². The zero-order valence-corrected chi connectivity index (χ0v) is 31.8. The molecule has 0 amide bonds. The van der Waals surface area contributed by atoms with Gasteiger partial charge in [-0.2, -0.15) is 13.2 Å². The van der Waals surface area contributed by atoms with Crippen LogP contribution in [-0.2, 0) is 32.2 Å². The number of aliphatic carboxylic acids is 2. The lowest BCUT2D eigenvalue weighted by atomic mass is 9.73. The summed E-state index contributed by atoms with van der Waals surface area (Å²) in [5, 5.41) is 39.5. The normalized spacial score (nSPS) is 17.0. The van der Waals surface area contributed by atoms with Crippen molar-refractivity contribution in [2.75, 3.05) is 26.2 Å². The van der Waals surface area contributed by atoms with Crippen LogP contribution in [0.1, 0.15) is 72.4 Å². The molecule has 0 spiro atoms. The van der Waals surface area contributed by atoms with Crippen molar-refractivity contribution in [1.82, 2.24) is 9.21 Å². The van der Waals surface area contributed by atoms with Gasteiger partial charge in [0.25, 0.3) is 11.2 Å². The maximum absolute atomic E-state index is 12.9. The lowest BCUT2D eigenvalue weighted by molar-refractivity contribution is -0.187. The standard InChI is InChI=1S/C21H33F3N2O2S.C18H14O8/c1-5-25(15-18-9-11-26(12-10-18)29(27,28)16(2)3)17(4)13-19-7-6-8-20(14-19)21(22,23)24;19-13(11-7-3-1-4-8-11)17(25,15(21)22)18(26,16(23)24)14(20)12-9-5-2-6-10-12/h6-8,14,16-18H,5,9-13,15H2,1-4H3;1-10,25-26H,(H,21,22)(H,23,24). The van der Waals surface area contributed by atoms with Crippen LogP contribution in [0.2, 0.25) is 0 Å². The van der Waals surface area contributed by atoms with Gasteiger partial charge in [0.15, 0.2) is 0 Å². The number of Topliss-reactive ketones (excluding diaryl/α,β-unsaturated/α-hetero) is 2. The maximum Gasteiger partial charge on any atom is 0.416 e. The third-order valence-electron chi connectivity index (χ3n) is 9.71. The van der Waals surface area contributed by atoms with E-state index in [9.17, 15) is 61.2 Å². The molecule has 3 aromatic carbocycles. The molecule has 12 nitrogen and oxygen atoms in total. The minimum atomic E-state index is -4.33. The van der Waals surface area contributed by atoms with Gasteiger partial charge in [0, 0.05) is 36.8 Å². The number of rotatable bonds is 15. The molecule has 55 heavy (non-hydrogen) atoms. The fourth-order valence-electron chi connectivity index (χ4n) is 6.37. The fraction of sp³-hybridized carbons (Fsp3) is 0.436. The Bertz CT molecular complexity index is 1830. The molecular weight excluding hydrogens is 745 g/mol. The van der Waals surface area contributed by atoms with Crippen molar-refractivity contribution in [2.24, 2.45) is 5.92 Å². The number of nitrogens with zero attached hydrogens (tertiary/aromatic N) is 2. The first-order valence-corrected chi connectivity index (χ1v) is 19.1. The molecule has 0 aliphatic carbocycles. The fourth-order valence-corrected chi connectivity index (χ4v) is 7.69. The minimum Gasteiger partial charge on any atom is -0.479 e. The molecule has 3 atom stereocenters. The molecule has 0 radical (unpaired) electrons. The van der Waals surface area contributed by atoms with Crippen molar-refractivity contribution < 1.29 is 61.2 Å². The number of ketones is 2. The highest BCUT2D eigenvalue weighted by atomic mass is 32.2. The lowest BCUT2D eigenvalue weighted by Crippen LogP contribution is -2.71. The second kappa shape index (κ2) is 18.4. The van der Waals surface area contributed by atoms with Gasteiger partial charge in [0.1, 0.15) is 0 Å². The first-order valence-electron chi connectivity index (χ1n) is 17.6. The second-order valence-corrected chi connectivity index (χ2v) is 16.2. The van der Waals surface area contributed by atoms with Crippen molar-refractivity contribution in [2.45, 2.75) is 75.6 Å². The summed E-state index contributed by atoms with van der Waals surface area (Å²) >= 11 is 0. The number of carbonyl (C=O) groups is 4. The molecule has 1 fully saturated rings. The van der Waals surface area contributed by atoms with E-state index in [4.69, 9.17) is 0 Å². The van der Waals surface area contributed by atoms with Gasteiger partial charge in [-0.25, -0.2) is 22.3 Å². The minimum absolute atomic E-state index is 0.112. The molecule has 0 aromatic heterocycles. The van der Waals surface area contributed by atoms with Gasteiger partial charge >= 0.3 is 18.1 Å². The number of carboxylic acid groups (broad SMARTS) is 2. The molecule has 0 saturated carbocycles. The Morgan fingerprint density at radius 3 is 1.62 bits per heavy atom. The topological polar surface area (TPSA) is 190 Å². The Morgan fingerprint density at radius 1 is 0.782 bits per heavy atom. The van der Waals surface area contributed by atoms with E-state index < -0.39 is 72.8 Å². The van der Waals surface area contributed by atoms with Crippen molar-refractivity contribution >= 4 is 33.5 Å². The van der Waals surface area contributed by atoms with Crippen molar-refractivity contribution in [1.29, 1.82) is 0 Å². The van der Waals surface area contributed by atoms with E-state index in [0.717, 1.165) is 56.3 Å². The number of hydrogen-bond donors (Lipinski definition) is 4. The number of alkyl halides is 3. The number of sulfonamides is 1. The number of likely N-dealkylation sites (N-methyl/N-ethyl adjacent to an activating group) is 1. The first kappa shape index (κ1) is 44.9. The predicted octanol–water partition coefficient (Wildman–Crippen LogP) is 4.79. The summed E-state index contributed by atoms with van der Waals surface area (Å²) in [6.07, 6.45) is -2.14. The number of halogens is 3. The van der Waals surface area contributed by atoms with Gasteiger partial charge in [0.05, 0.1) is 10.8 Å². The average Bonchev–Trinajstić information content (AvgIpc) is 3.16. The highest BCUT2D eigenvalue weighted by Crippen LogP contribution is 2.32. The average molecular weight is 793 g/mol. The molecule has 3 unspecified atom stereocenters. The van der Waals surface area contributed by atoms with Crippen LogP contribution in [0, 0.1) is 5.92 Å². The predicted molar refractivity (Wildman–Crippen MR) is 197 cm³/mol. The van der Waals surface area contributed by atoms with Crippen LogP contribution in [0.5, 0.6) is 0 Å². The van der Waals surface area contributed by atoms with E-state index in [1.807, 2.05) is 6.92 Å². The Labute approximate surface area is 318 Å². The Balaban J connectivity index is 0.000000297. The highest BCUT2D eigenvalue weighted by Gasteiger charge is 2.69. The van der Waals surface area contributed by atoms with Gasteiger partial charge in [-0.3, -0.25) is 9.59 Å². The van der Waals surface area contributed by atoms with Crippen LogP contribution < -0.4 is 0 Å². The third kappa shape index (κ3) is 10.2. The first-order chi connectivity index (χ1) is 25.6. The second-order valence-electron chi connectivity index (χ2n) is 13.7. The number of hydrogen-bond acceptors (Lipinski definition) is 9. The molecule has 1 aliphatic heterocycles. The summed E-state index contributed by atoms with van der Waals surface area (Å²) < 4.78 is 65.1. The molecule has 4 N–H and O–H groups in total. The van der Waals surface area contributed by atoms with E-state index in [0.29, 0.717) is 31.0 Å². The number of carboxylic acids is 2. The molecule has 1 aliphatic rings. The zero-order chi connectivity index (χ0) is 41.4. The Morgan fingerprint density at radius 2 is 1.24 bits per heavy atom. The van der Waals surface area contributed by atoms with E-state index >= 15 is 0 Å². The number of piperidine rings is 1. The number of benzene rings is 3. The zero-order valence-electron chi connectivity index (χ0n) is 30.9. The summed E-state index contributed by atoms with van der Waals surface area (Å²) in [7, 11) is -3.20. The van der Waals surface area contributed by atoms with Gasteiger partial charge in [-0.1, -0.05) is 85.8 Å². The largest absolute Gasteiger partial charge is 0.479 e. The summed E-state index contributed by atoms with van der Waals surface area (Å²) in [5.41, 5.74) is -8.61. The van der Waals surface area contributed by atoms with Crippen LogP contribution in [0.25, 0.3) is 0 Å². The lowest BCUT2D eigenvalue weighted by Gasteiger charge is -2.36. The van der Waals surface area contributed by atoms with Crippen LogP contribution in [-0.4, -0.2) is 110 Å². The molecule has 4 rings (SSSR count). The summed E-state index contributed by atoms with van der Waals surface area (Å²) in [4.78, 5) is 50.8. The van der Waals surface area contributed by atoms with Gasteiger partial charge < -0.3 is 25.3 Å².